The lowest BCUT2D eigenvalue weighted by Crippen LogP contribution is -2.36. The molecule has 0 aromatic heterocycles. The second-order valence-electron chi connectivity index (χ2n) is 8.21. The molecule has 0 saturated carbocycles. The van der Waals surface area contributed by atoms with Gasteiger partial charge < -0.3 is 20.6 Å². The molecule has 2 saturated heterocycles. The summed E-state index contributed by atoms with van der Waals surface area (Å²) >= 11 is 0. The molecule has 2 fully saturated rings. The average Bonchev–Trinajstić information content (AvgIpc) is 2.89. The predicted octanol–water partition coefficient (Wildman–Crippen LogP) is 0.866. The normalized spacial score (nSPS) is 26.3. The molecule has 5 heteroatoms. The predicted molar refractivity (Wildman–Crippen MR) is 107 cm³/mol. The minimum atomic E-state index is 0.308. The summed E-state index contributed by atoms with van der Waals surface area (Å²) in [6.45, 7) is 9.94. The molecule has 0 unspecified atom stereocenters. The van der Waals surface area contributed by atoms with Crippen LogP contribution in [0, 0.1) is 11.8 Å². The van der Waals surface area contributed by atoms with Crippen LogP contribution in [0.1, 0.15) is 17.5 Å². The lowest BCUT2D eigenvalue weighted by Gasteiger charge is -2.26. The molecule has 2 aliphatic rings. The third-order valence-corrected chi connectivity index (χ3v) is 6.02. The number of benzene rings is 1. The SMILES string of the molecule is CN1CCCN(C[C@@H]2CN(Cc3cccc(CCN)c3)C[C@@H]2CO)CC1. The fraction of sp³-hybridized carbons (Fsp3) is 0.714. The molecule has 146 valence electrons. The van der Waals surface area contributed by atoms with Crippen molar-refractivity contribution in [2.75, 3.05) is 66.0 Å². The van der Waals surface area contributed by atoms with Crippen LogP contribution in [-0.4, -0.2) is 85.8 Å². The topological polar surface area (TPSA) is 56.0 Å². The first-order chi connectivity index (χ1) is 12.7. The lowest BCUT2D eigenvalue weighted by molar-refractivity contribution is 0.165. The molecule has 2 aliphatic heterocycles. The van der Waals surface area contributed by atoms with Crippen LogP contribution in [0.4, 0.5) is 0 Å². The van der Waals surface area contributed by atoms with E-state index in [9.17, 15) is 5.11 Å². The van der Waals surface area contributed by atoms with Crippen LogP contribution in [0.25, 0.3) is 0 Å². The Balaban J connectivity index is 1.55. The number of likely N-dealkylation sites (N-methyl/N-ethyl adjacent to an activating group) is 1. The summed E-state index contributed by atoms with van der Waals surface area (Å²) in [6, 6.07) is 8.81. The standard InChI is InChI=1S/C21H36N4O/c1-23-8-3-9-24(11-10-23)14-20-15-25(16-21(20)17-26)13-19-5-2-4-18(12-19)6-7-22/h2,4-5,12,20-21,26H,3,6-11,13-17,22H2,1H3/t20-,21-/m1/s1. The minimum absolute atomic E-state index is 0.308. The molecule has 1 aromatic carbocycles. The van der Waals surface area contributed by atoms with E-state index < -0.39 is 0 Å². The van der Waals surface area contributed by atoms with Crippen LogP contribution in [0.5, 0.6) is 0 Å². The molecule has 2 heterocycles. The van der Waals surface area contributed by atoms with Gasteiger partial charge in [0.25, 0.3) is 0 Å². The van der Waals surface area contributed by atoms with E-state index in [-0.39, 0.29) is 0 Å². The highest BCUT2D eigenvalue weighted by Crippen LogP contribution is 2.26. The van der Waals surface area contributed by atoms with Gasteiger partial charge >= 0.3 is 0 Å². The zero-order chi connectivity index (χ0) is 18.4. The number of nitrogens with zero attached hydrogens (tertiary/aromatic N) is 3. The molecule has 0 amide bonds. The van der Waals surface area contributed by atoms with Gasteiger partial charge in [0.05, 0.1) is 0 Å². The van der Waals surface area contributed by atoms with Gasteiger partial charge in [0.15, 0.2) is 0 Å². The van der Waals surface area contributed by atoms with Crippen LogP contribution >= 0.6 is 0 Å². The number of likely N-dealkylation sites (tertiary alicyclic amines) is 1. The highest BCUT2D eigenvalue weighted by molar-refractivity contribution is 5.23. The molecular weight excluding hydrogens is 324 g/mol. The molecule has 2 atom stereocenters. The van der Waals surface area contributed by atoms with Gasteiger partial charge in [-0.05, 0) is 62.5 Å². The number of hydrogen-bond acceptors (Lipinski definition) is 5. The summed E-state index contributed by atoms with van der Waals surface area (Å²) in [4.78, 5) is 7.57. The van der Waals surface area contributed by atoms with Gasteiger partial charge in [-0.15, -0.1) is 0 Å². The van der Waals surface area contributed by atoms with Crippen LogP contribution in [0.2, 0.25) is 0 Å². The van der Waals surface area contributed by atoms with Crippen molar-refractivity contribution in [3.8, 4) is 0 Å². The molecule has 3 N–H and O–H groups in total. The Labute approximate surface area is 158 Å². The molecule has 1 aromatic rings. The van der Waals surface area contributed by atoms with Crippen molar-refractivity contribution in [2.45, 2.75) is 19.4 Å². The zero-order valence-electron chi connectivity index (χ0n) is 16.3. The highest BCUT2D eigenvalue weighted by Gasteiger charge is 2.33. The van der Waals surface area contributed by atoms with Crippen molar-refractivity contribution in [1.82, 2.24) is 14.7 Å². The number of aliphatic hydroxyl groups is 1. The second kappa shape index (κ2) is 9.81. The van der Waals surface area contributed by atoms with Crippen molar-refractivity contribution < 1.29 is 5.11 Å². The molecular formula is C21H36N4O. The molecule has 0 aliphatic carbocycles. The number of rotatable bonds is 7. The van der Waals surface area contributed by atoms with E-state index in [4.69, 9.17) is 5.73 Å². The van der Waals surface area contributed by atoms with Crippen molar-refractivity contribution in [3.05, 3.63) is 35.4 Å². The largest absolute Gasteiger partial charge is 0.396 e. The monoisotopic (exact) mass is 360 g/mol. The smallest absolute Gasteiger partial charge is 0.0475 e. The average molecular weight is 361 g/mol. The van der Waals surface area contributed by atoms with Gasteiger partial charge in [0.1, 0.15) is 0 Å². The van der Waals surface area contributed by atoms with Gasteiger partial charge in [0.2, 0.25) is 0 Å². The summed E-state index contributed by atoms with van der Waals surface area (Å²) in [5.41, 5.74) is 8.38. The molecule has 0 spiro atoms. The Morgan fingerprint density at radius 3 is 2.65 bits per heavy atom. The highest BCUT2D eigenvalue weighted by atomic mass is 16.3. The summed E-state index contributed by atoms with van der Waals surface area (Å²) < 4.78 is 0. The Morgan fingerprint density at radius 1 is 1.04 bits per heavy atom. The van der Waals surface area contributed by atoms with Gasteiger partial charge in [-0.25, -0.2) is 0 Å². The third-order valence-electron chi connectivity index (χ3n) is 6.02. The quantitative estimate of drug-likeness (QED) is 0.756. The lowest BCUT2D eigenvalue weighted by atomic mass is 9.96. The summed E-state index contributed by atoms with van der Waals surface area (Å²) in [5, 5.41) is 9.89. The van der Waals surface area contributed by atoms with Crippen molar-refractivity contribution >= 4 is 0 Å². The van der Waals surface area contributed by atoms with Gasteiger partial charge in [-0.2, -0.15) is 0 Å². The maximum absolute atomic E-state index is 9.89. The maximum atomic E-state index is 9.89. The van der Waals surface area contributed by atoms with E-state index >= 15 is 0 Å². The van der Waals surface area contributed by atoms with E-state index in [1.54, 1.807) is 0 Å². The van der Waals surface area contributed by atoms with E-state index in [1.807, 2.05) is 0 Å². The second-order valence-corrected chi connectivity index (χ2v) is 8.21. The Bertz CT molecular complexity index is 553. The Hall–Kier alpha value is -0.980. The first-order valence-electron chi connectivity index (χ1n) is 10.2. The number of aliphatic hydroxyl groups excluding tert-OH is 1. The summed E-state index contributed by atoms with van der Waals surface area (Å²) in [7, 11) is 2.22. The fourth-order valence-electron chi connectivity index (χ4n) is 4.50. The van der Waals surface area contributed by atoms with E-state index in [1.165, 1.54) is 30.6 Å². The van der Waals surface area contributed by atoms with Crippen LogP contribution in [0.3, 0.4) is 0 Å². The molecule has 0 bridgehead atoms. The first kappa shape index (κ1) is 19.8. The van der Waals surface area contributed by atoms with Gasteiger partial charge in [-0.3, -0.25) is 4.90 Å². The van der Waals surface area contributed by atoms with Crippen molar-refractivity contribution in [3.63, 3.8) is 0 Å². The molecule has 26 heavy (non-hydrogen) atoms. The van der Waals surface area contributed by atoms with Gasteiger partial charge in [-0.1, -0.05) is 24.3 Å². The Morgan fingerprint density at radius 2 is 1.85 bits per heavy atom. The zero-order valence-corrected chi connectivity index (χ0v) is 16.3. The molecule has 5 nitrogen and oxygen atoms in total. The first-order valence-corrected chi connectivity index (χ1v) is 10.2. The maximum Gasteiger partial charge on any atom is 0.0475 e. The summed E-state index contributed by atoms with van der Waals surface area (Å²) in [6.07, 6.45) is 2.20. The number of nitrogens with two attached hydrogens (primary N) is 1. The minimum Gasteiger partial charge on any atom is -0.396 e. The number of hydrogen-bond donors (Lipinski definition) is 2. The van der Waals surface area contributed by atoms with Crippen molar-refractivity contribution in [1.29, 1.82) is 0 Å². The van der Waals surface area contributed by atoms with Crippen LogP contribution in [-0.2, 0) is 13.0 Å². The molecule has 3 rings (SSSR count). The van der Waals surface area contributed by atoms with Crippen LogP contribution in [0.15, 0.2) is 24.3 Å². The van der Waals surface area contributed by atoms with Crippen LogP contribution < -0.4 is 5.73 Å². The van der Waals surface area contributed by atoms with E-state index in [2.05, 4.69) is 46.0 Å². The Kier molecular flexibility index (Phi) is 7.46. The van der Waals surface area contributed by atoms with Gasteiger partial charge in [0, 0.05) is 45.9 Å². The summed E-state index contributed by atoms with van der Waals surface area (Å²) in [5.74, 6) is 0.985. The van der Waals surface area contributed by atoms with Crippen molar-refractivity contribution in [2.24, 2.45) is 17.6 Å². The molecule has 0 radical (unpaired) electrons. The van der Waals surface area contributed by atoms with E-state index in [0.29, 0.717) is 25.0 Å². The third kappa shape index (κ3) is 5.51. The van der Waals surface area contributed by atoms with E-state index in [0.717, 1.165) is 45.7 Å². The fourth-order valence-corrected chi connectivity index (χ4v) is 4.50.